The normalized spacial score (nSPS) is 11.0. The van der Waals surface area contributed by atoms with Gasteiger partial charge in [-0.25, -0.2) is 10.2 Å². The van der Waals surface area contributed by atoms with Crippen LogP contribution in [0, 0.1) is 0 Å². The SMILES string of the molecule is COc1cc(Br)cc(Br)c1OCC(=O)N/N=C/c1ccc(OC(=O)/C=C/c2ccco2)cc1. The van der Waals surface area contributed by atoms with Crippen LogP contribution in [0.15, 0.2) is 79.3 Å². The molecule has 0 saturated heterocycles. The summed E-state index contributed by atoms with van der Waals surface area (Å²) in [5, 5.41) is 3.90. The molecule has 0 aliphatic rings. The zero-order valence-electron chi connectivity index (χ0n) is 17.3. The van der Waals surface area contributed by atoms with Crippen LogP contribution < -0.4 is 19.6 Å². The first-order valence-electron chi connectivity index (χ1n) is 9.46. The Balaban J connectivity index is 1.46. The molecule has 33 heavy (non-hydrogen) atoms. The van der Waals surface area contributed by atoms with Crippen LogP contribution in [0.1, 0.15) is 11.3 Å². The fourth-order valence-electron chi connectivity index (χ4n) is 2.49. The average molecular weight is 578 g/mol. The van der Waals surface area contributed by atoms with Gasteiger partial charge in [0.2, 0.25) is 0 Å². The summed E-state index contributed by atoms with van der Waals surface area (Å²) in [6, 6.07) is 13.6. The number of amides is 1. The van der Waals surface area contributed by atoms with E-state index in [-0.39, 0.29) is 6.61 Å². The maximum absolute atomic E-state index is 12.0. The lowest BCUT2D eigenvalue weighted by Crippen LogP contribution is -2.24. The zero-order chi connectivity index (χ0) is 23.6. The lowest BCUT2D eigenvalue weighted by molar-refractivity contribution is -0.129. The van der Waals surface area contributed by atoms with Crippen molar-refractivity contribution in [1.82, 2.24) is 5.43 Å². The van der Waals surface area contributed by atoms with Gasteiger partial charge in [-0.3, -0.25) is 4.79 Å². The minimum Gasteiger partial charge on any atom is -0.493 e. The Labute approximate surface area is 206 Å². The molecular weight excluding hydrogens is 560 g/mol. The third-order valence-electron chi connectivity index (χ3n) is 3.97. The minimum atomic E-state index is -0.533. The van der Waals surface area contributed by atoms with Gasteiger partial charge in [-0.1, -0.05) is 15.9 Å². The number of carbonyl (C=O) groups is 2. The van der Waals surface area contributed by atoms with E-state index in [0.717, 1.165) is 4.47 Å². The lowest BCUT2D eigenvalue weighted by atomic mass is 10.2. The molecule has 0 aliphatic heterocycles. The summed E-state index contributed by atoms with van der Waals surface area (Å²) < 4.78 is 22.5. The molecule has 0 atom stereocenters. The van der Waals surface area contributed by atoms with Crippen LogP contribution in [0.25, 0.3) is 6.08 Å². The number of methoxy groups -OCH3 is 1. The van der Waals surface area contributed by atoms with Gasteiger partial charge in [0.25, 0.3) is 5.91 Å². The van der Waals surface area contributed by atoms with E-state index in [9.17, 15) is 9.59 Å². The van der Waals surface area contributed by atoms with Crippen molar-refractivity contribution in [2.45, 2.75) is 0 Å². The molecule has 1 N–H and O–H groups in total. The van der Waals surface area contributed by atoms with E-state index in [0.29, 0.717) is 33.0 Å². The second-order valence-electron chi connectivity index (χ2n) is 6.34. The van der Waals surface area contributed by atoms with Gasteiger partial charge in [-0.05, 0) is 76.1 Å². The molecule has 0 fully saturated rings. The van der Waals surface area contributed by atoms with Gasteiger partial charge < -0.3 is 18.6 Å². The van der Waals surface area contributed by atoms with Crippen LogP contribution in [0.4, 0.5) is 0 Å². The monoisotopic (exact) mass is 576 g/mol. The van der Waals surface area contributed by atoms with Gasteiger partial charge in [-0.15, -0.1) is 0 Å². The number of furan rings is 1. The predicted molar refractivity (Wildman–Crippen MR) is 129 cm³/mol. The van der Waals surface area contributed by atoms with E-state index in [1.54, 1.807) is 48.5 Å². The van der Waals surface area contributed by atoms with Gasteiger partial charge in [0, 0.05) is 10.5 Å². The Morgan fingerprint density at radius 2 is 1.94 bits per heavy atom. The van der Waals surface area contributed by atoms with Crippen LogP contribution in [-0.4, -0.2) is 31.8 Å². The van der Waals surface area contributed by atoms with E-state index in [2.05, 4.69) is 42.4 Å². The average Bonchev–Trinajstić information content (AvgIpc) is 3.31. The molecular formula is C23H18Br2N2O6. The van der Waals surface area contributed by atoms with Crippen LogP contribution in [0.5, 0.6) is 17.2 Å². The Morgan fingerprint density at radius 1 is 1.15 bits per heavy atom. The third kappa shape index (κ3) is 7.62. The molecule has 1 amide bonds. The molecule has 0 bridgehead atoms. The van der Waals surface area contributed by atoms with E-state index in [4.69, 9.17) is 18.6 Å². The molecule has 1 heterocycles. The van der Waals surface area contributed by atoms with Crippen molar-refractivity contribution in [2.24, 2.45) is 5.10 Å². The van der Waals surface area contributed by atoms with Crippen LogP contribution in [-0.2, 0) is 9.59 Å². The Hall–Kier alpha value is -3.37. The van der Waals surface area contributed by atoms with Gasteiger partial charge in [-0.2, -0.15) is 5.10 Å². The van der Waals surface area contributed by atoms with E-state index in [1.807, 2.05) is 0 Å². The highest BCUT2D eigenvalue weighted by Gasteiger charge is 2.12. The maximum Gasteiger partial charge on any atom is 0.336 e. The topological polar surface area (TPSA) is 99.4 Å². The molecule has 0 unspecified atom stereocenters. The number of benzene rings is 2. The van der Waals surface area contributed by atoms with Crippen molar-refractivity contribution in [3.63, 3.8) is 0 Å². The van der Waals surface area contributed by atoms with E-state index < -0.39 is 11.9 Å². The number of nitrogens with one attached hydrogen (secondary N) is 1. The second kappa shape index (κ2) is 12.0. The van der Waals surface area contributed by atoms with Crippen molar-refractivity contribution in [3.8, 4) is 17.2 Å². The number of hydrazone groups is 1. The molecule has 0 saturated carbocycles. The second-order valence-corrected chi connectivity index (χ2v) is 8.11. The standard InChI is InChI=1S/C23H18Br2N2O6/c1-30-20-12-16(24)11-19(25)23(20)32-14-21(28)27-26-13-15-4-6-18(7-5-15)33-22(29)9-8-17-3-2-10-31-17/h2-13H,14H2,1H3,(H,27,28)/b9-8+,26-13+. The summed E-state index contributed by atoms with van der Waals surface area (Å²) in [5.41, 5.74) is 3.08. The Morgan fingerprint density at radius 3 is 2.64 bits per heavy atom. The Kier molecular flexibility index (Phi) is 8.85. The number of carbonyl (C=O) groups excluding carboxylic acids is 2. The van der Waals surface area contributed by atoms with Gasteiger partial charge in [0.05, 0.1) is 24.1 Å². The van der Waals surface area contributed by atoms with Crippen molar-refractivity contribution < 1.29 is 28.2 Å². The van der Waals surface area contributed by atoms with Gasteiger partial charge in [0.15, 0.2) is 18.1 Å². The predicted octanol–water partition coefficient (Wildman–Crippen LogP) is 4.96. The molecule has 2 aromatic carbocycles. The van der Waals surface area contributed by atoms with Crippen LogP contribution >= 0.6 is 31.9 Å². The highest BCUT2D eigenvalue weighted by atomic mass is 79.9. The van der Waals surface area contributed by atoms with Gasteiger partial charge in [0.1, 0.15) is 11.5 Å². The quantitative estimate of drug-likeness (QED) is 0.127. The highest BCUT2D eigenvalue weighted by Crippen LogP contribution is 2.38. The van der Waals surface area contributed by atoms with Gasteiger partial charge >= 0.3 is 5.97 Å². The van der Waals surface area contributed by atoms with Crippen LogP contribution in [0.2, 0.25) is 0 Å². The number of hydrogen-bond acceptors (Lipinski definition) is 7. The summed E-state index contributed by atoms with van der Waals surface area (Å²) in [7, 11) is 1.51. The number of nitrogens with zero attached hydrogens (tertiary/aromatic N) is 1. The smallest absolute Gasteiger partial charge is 0.336 e. The number of hydrogen-bond donors (Lipinski definition) is 1. The zero-order valence-corrected chi connectivity index (χ0v) is 20.5. The fourth-order valence-corrected chi connectivity index (χ4v) is 3.79. The minimum absolute atomic E-state index is 0.256. The van der Waals surface area contributed by atoms with E-state index >= 15 is 0 Å². The van der Waals surface area contributed by atoms with Crippen molar-refractivity contribution in [3.05, 3.63) is 81.1 Å². The Bertz CT molecular complexity index is 1160. The summed E-state index contributed by atoms with van der Waals surface area (Å²) in [6.07, 6.45) is 5.76. The summed E-state index contributed by atoms with van der Waals surface area (Å²) in [4.78, 5) is 23.9. The molecule has 0 aliphatic carbocycles. The third-order valence-corrected chi connectivity index (χ3v) is 5.02. The molecule has 3 aromatic rings. The molecule has 0 spiro atoms. The summed E-state index contributed by atoms with van der Waals surface area (Å²) in [6.45, 7) is -0.256. The number of esters is 1. The molecule has 3 rings (SSSR count). The van der Waals surface area contributed by atoms with Crippen molar-refractivity contribution >= 4 is 56.0 Å². The first kappa shape index (κ1) is 24.3. The molecule has 10 heteroatoms. The number of halogens is 2. The maximum atomic E-state index is 12.0. The molecule has 1 aromatic heterocycles. The molecule has 170 valence electrons. The number of rotatable bonds is 9. The van der Waals surface area contributed by atoms with Crippen LogP contribution in [0.3, 0.4) is 0 Å². The number of ether oxygens (including phenoxy) is 3. The molecule has 8 nitrogen and oxygen atoms in total. The first-order valence-corrected chi connectivity index (χ1v) is 11.0. The summed E-state index contributed by atoms with van der Waals surface area (Å²) >= 11 is 6.73. The fraction of sp³-hybridized carbons (Fsp3) is 0.0870. The largest absolute Gasteiger partial charge is 0.493 e. The van der Waals surface area contributed by atoms with Crippen molar-refractivity contribution in [1.29, 1.82) is 0 Å². The lowest BCUT2D eigenvalue weighted by Gasteiger charge is -2.12. The summed E-state index contributed by atoms with van der Waals surface area (Å²) in [5.74, 6) is 0.821. The van der Waals surface area contributed by atoms with E-state index in [1.165, 1.54) is 31.7 Å². The first-order chi connectivity index (χ1) is 15.9. The highest BCUT2D eigenvalue weighted by molar-refractivity contribution is 9.11. The van der Waals surface area contributed by atoms with Crippen molar-refractivity contribution in [2.75, 3.05) is 13.7 Å². The molecule has 0 radical (unpaired) electrons.